The van der Waals surface area contributed by atoms with Gasteiger partial charge in [-0.3, -0.25) is 9.20 Å². The van der Waals surface area contributed by atoms with Crippen molar-refractivity contribution < 1.29 is 9.53 Å². The highest BCUT2D eigenvalue weighted by molar-refractivity contribution is 6.33. The average molecular weight is 386 g/mol. The molecule has 0 aliphatic carbocycles. The number of carbonyl (C=O) groups is 1. The van der Waals surface area contributed by atoms with Gasteiger partial charge in [0.15, 0.2) is 5.65 Å². The quantitative estimate of drug-likeness (QED) is 0.691. The molecule has 0 unspecified atom stereocenters. The van der Waals surface area contributed by atoms with E-state index in [0.29, 0.717) is 49.0 Å². The predicted octanol–water partition coefficient (Wildman–Crippen LogP) is 2.74. The Labute approximate surface area is 162 Å². The lowest BCUT2D eigenvalue weighted by molar-refractivity contribution is 0.0746. The van der Waals surface area contributed by atoms with Gasteiger partial charge in [-0.2, -0.15) is 0 Å². The van der Waals surface area contributed by atoms with Crippen LogP contribution in [-0.4, -0.2) is 58.2 Å². The smallest absolute Gasteiger partial charge is 0.253 e. The first-order valence-corrected chi connectivity index (χ1v) is 9.31. The highest BCUT2D eigenvalue weighted by Gasteiger charge is 2.25. The number of halogens is 1. The van der Waals surface area contributed by atoms with Crippen molar-refractivity contribution in [3.63, 3.8) is 0 Å². The molecule has 2 aromatic heterocycles. The third-order valence-corrected chi connectivity index (χ3v) is 4.93. The minimum absolute atomic E-state index is 0.0341. The number of nitrogens with zero attached hydrogens (tertiary/aromatic N) is 5. The number of fused-ring (bicyclic) bond motifs is 1. The number of hydrogen-bond acceptors (Lipinski definition) is 5. The minimum Gasteiger partial charge on any atom is -0.494 e. The van der Waals surface area contributed by atoms with Crippen LogP contribution in [0.3, 0.4) is 0 Å². The normalized spacial score (nSPS) is 14.6. The molecule has 0 N–H and O–H groups in total. The van der Waals surface area contributed by atoms with Crippen LogP contribution in [0.2, 0.25) is 5.02 Å². The van der Waals surface area contributed by atoms with Gasteiger partial charge in [-0.25, -0.2) is 0 Å². The van der Waals surface area contributed by atoms with Crippen LogP contribution in [0.4, 0.5) is 5.95 Å². The van der Waals surface area contributed by atoms with Gasteiger partial charge in [0.05, 0.1) is 11.6 Å². The lowest BCUT2D eigenvalue weighted by Gasteiger charge is -2.34. The summed E-state index contributed by atoms with van der Waals surface area (Å²) >= 11 is 6.17. The maximum absolute atomic E-state index is 12.7. The second kappa shape index (κ2) is 7.44. The number of benzene rings is 1. The van der Waals surface area contributed by atoms with Gasteiger partial charge in [0, 0.05) is 37.9 Å². The molecule has 1 amide bonds. The number of amides is 1. The molecule has 0 radical (unpaired) electrons. The molecule has 3 heterocycles. The van der Waals surface area contributed by atoms with Crippen LogP contribution in [-0.2, 0) is 0 Å². The Balaban J connectivity index is 1.43. The summed E-state index contributed by atoms with van der Waals surface area (Å²) in [6.45, 7) is 5.18. The van der Waals surface area contributed by atoms with Gasteiger partial charge < -0.3 is 14.5 Å². The van der Waals surface area contributed by atoms with E-state index in [9.17, 15) is 4.79 Å². The highest BCUT2D eigenvalue weighted by Crippen LogP contribution is 2.21. The second-order valence-corrected chi connectivity index (χ2v) is 6.69. The first-order valence-electron chi connectivity index (χ1n) is 8.93. The van der Waals surface area contributed by atoms with Crippen molar-refractivity contribution >= 4 is 29.1 Å². The fraction of sp³-hybridized carbons (Fsp3) is 0.316. The lowest BCUT2D eigenvalue weighted by Crippen LogP contribution is -2.49. The Kier molecular flexibility index (Phi) is 4.85. The molecule has 1 aromatic carbocycles. The number of pyridine rings is 1. The number of ether oxygens (including phenoxy) is 1. The molecule has 1 saturated heterocycles. The third-order valence-electron chi connectivity index (χ3n) is 4.63. The number of piperazine rings is 1. The molecule has 7 nitrogen and oxygen atoms in total. The molecule has 0 atom stereocenters. The Bertz CT molecular complexity index is 948. The number of carbonyl (C=O) groups excluding carboxylic acids is 1. The van der Waals surface area contributed by atoms with Gasteiger partial charge in [-0.15, -0.1) is 10.2 Å². The summed E-state index contributed by atoms with van der Waals surface area (Å²) in [6, 6.07) is 11.0. The first-order chi connectivity index (χ1) is 13.2. The van der Waals surface area contributed by atoms with Crippen LogP contribution in [0, 0.1) is 0 Å². The molecule has 3 aromatic rings. The van der Waals surface area contributed by atoms with E-state index in [2.05, 4.69) is 15.1 Å². The first kappa shape index (κ1) is 17.6. The maximum atomic E-state index is 12.7. The summed E-state index contributed by atoms with van der Waals surface area (Å²) in [5.74, 6) is 1.56. The second-order valence-electron chi connectivity index (χ2n) is 6.29. The van der Waals surface area contributed by atoms with Crippen LogP contribution in [0.5, 0.6) is 5.75 Å². The summed E-state index contributed by atoms with van der Waals surface area (Å²) < 4.78 is 7.31. The Hall–Kier alpha value is -2.80. The van der Waals surface area contributed by atoms with Crippen molar-refractivity contribution in [2.75, 3.05) is 37.7 Å². The molecule has 27 heavy (non-hydrogen) atoms. The fourth-order valence-corrected chi connectivity index (χ4v) is 3.44. The SMILES string of the molecule is CCOc1ccc(C(=O)N2CCN(c3nnc4c(Cl)cccn34)CC2)cc1. The van der Waals surface area contributed by atoms with Gasteiger partial charge in [0.2, 0.25) is 5.95 Å². The molecule has 1 aliphatic rings. The van der Waals surface area contributed by atoms with Crippen molar-refractivity contribution in [2.45, 2.75) is 6.92 Å². The van der Waals surface area contributed by atoms with E-state index in [0.717, 1.165) is 11.7 Å². The monoisotopic (exact) mass is 385 g/mol. The topological polar surface area (TPSA) is 63.0 Å². The van der Waals surface area contributed by atoms with Crippen LogP contribution < -0.4 is 9.64 Å². The van der Waals surface area contributed by atoms with E-state index >= 15 is 0 Å². The van der Waals surface area contributed by atoms with E-state index in [4.69, 9.17) is 16.3 Å². The van der Waals surface area contributed by atoms with Crippen LogP contribution in [0.1, 0.15) is 17.3 Å². The Morgan fingerprint density at radius 2 is 1.85 bits per heavy atom. The molecular weight excluding hydrogens is 366 g/mol. The van der Waals surface area contributed by atoms with Crippen molar-refractivity contribution in [2.24, 2.45) is 0 Å². The van der Waals surface area contributed by atoms with E-state index in [1.165, 1.54) is 0 Å². The lowest BCUT2D eigenvalue weighted by atomic mass is 10.1. The number of hydrogen-bond donors (Lipinski definition) is 0. The minimum atomic E-state index is 0.0341. The average Bonchev–Trinajstić information content (AvgIpc) is 3.14. The van der Waals surface area contributed by atoms with E-state index in [1.54, 1.807) is 6.07 Å². The summed E-state index contributed by atoms with van der Waals surface area (Å²) in [6.07, 6.45) is 1.90. The standard InChI is InChI=1S/C19H20ClN5O2/c1-2-27-15-7-5-14(6-8-15)18(26)23-10-12-24(13-11-23)19-22-21-17-16(20)4-3-9-25(17)19/h3-9H,2,10-13H2,1H3. The molecule has 4 rings (SSSR count). The maximum Gasteiger partial charge on any atom is 0.253 e. The van der Waals surface area contributed by atoms with Crippen molar-refractivity contribution in [3.8, 4) is 5.75 Å². The zero-order valence-corrected chi connectivity index (χ0v) is 15.8. The zero-order valence-electron chi connectivity index (χ0n) is 15.0. The van der Waals surface area contributed by atoms with Crippen LogP contribution in [0.15, 0.2) is 42.6 Å². The summed E-state index contributed by atoms with van der Waals surface area (Å²) in [5.41, 5.74) is 1.31. The fourth-order valence-electron chi connectivity index (χ4n) is 3.24. The van der Waals surface area contributed by atoms with Crippen molar-refractivity contribution in [1.29, 1.82) is 0 Å². The van der Waals surface area contributed by atoms with E-state index < -0.39 is 0 Å². The highest BCUT2D eigenvalue weighted by atomic mass is 35.5. The summed E-state index contributed by atoms with van der Waals surface area (Å²) in [7, 11) is 0. The zero-order chi connectivity index (χ0) is 18.8. The molecule has 1 fully saturated rings. The van der Waals surface area contributed by atoms with Gasteiger partial charge in [-0.05, 0) is 43.3 Å². The van der Waals surface area contributed by atoms with Gasteiger partial charge >= 0.3 is 0 Å². The van der Waals surface area contributed by atoms with Gasteiger partial charge in [-0.1, -0.05) is 11.6 Å². The molecule has 140 valence electrons. The van der Waals surface area contributed by atoms with Crippen LogP contribution in [0.25, 0.3) is 5.65 Å². The van der Waals surface area contributed by atoms with Gasteiger partial charge in [0.1, 0.15) is 5.75 Å². The molecule has 8 heteroatoms. The summed E-state index contributed by atoms with van der Waals surface area (Å²) in [4.78, 5) is 16.7. The van der Waals surface area contributed by atoms with Crippen molar-refractivity contribution in [1.82, 2.24) is 19.5 Å². The Morgan fingerprint density at radius 3 is 2.56 bits per heavy atom. The molecule has 0 saturated carbocycles. The number of aromatic nitrogens is 3. The predicted molar refractivity (Wildman–Crippen MR) is 104 cm³/mol. The van der Waals surface area contributed by atoms with Crippen molar-refractivity contribution in [3.05, 3.63) is 53.2 Å². The largest absolute Gasteiger partial charge is 0.494 e. The van der Waals surface area contributed by atoms with Gasteiger partial charge in [0.25, 0.3) is 5.91 Å². The Morgan fingerprint density at radius 1 is 1.11 bits per heavy atom. The molecule has 0 spiro atoms. The summed E-state index contributed by atoms with van der Waals surface area (Å²) in [5, 5.41) is 9.01. The number of rotatable bonds is 4. The van der Waals surface area contributed by atoms with E-state index in [-0.39, 0.29) is 5.91 Å². The third kappa shape index (κ3) is 3.42. The number of anilines is 1. The van der Waals surface area contributed by atoms with Crippen LogP contribution >= 0.6 is 11.6 Å². The molecule has 0 bridgehead atoms. The molecular formula is C19H20ClN5O2. The van der Waals surface area contributed by atoms with E-state index in [1.807, 2.05) is 52.8 Å². The molecule has 1 aliphatic heterocycles.